The minimum absolute atomic E-state index is 0.0234. The van der Waals surface area contributed by atoms with E-state index >= 15 is 0 Å². The van der Waals surface area contributed by atoms with Gasteiger partial charge in [0.15, 0.2) is 0 Å². The number of nitrogens with zero attached hydrogens (tertiary/aromatic N) is 2. The average Bonchev–Trinajstić information content (AvgIpc) is 3.03. The molecule has 0 bridgehead atoms. The first-order valence-electron chi connectivity index (χ1n) is 9.85. The molecule has 0 radical (unpaired) electrons. The standard InChI is InChI=1S/C21H29N3O3/c1-15(2)20(26)22-18-8-10-23(11-9-18)21(27)17-12-19(25)24(14-17)13-16-6-4-3-5-7-16/h3-7,15,17-18H,8-14H2,1-2H3,(H,22,26). The fraction of sp³-hybridized carbons (Fsp3) is 0.571. The van der Waals surface area contributed by atoms with Gasteiger partial charge < -0.3 is 15.1 Å². The Morgan fingerprint density at radius 1 is 1.15 bits per heavy atom. The summed E-state index contributed by atoms with van der Waals surface area (Å²) in [4.78, 5) is 40.6. The molecular weight excluding hydrogens is 342 g/mol. The van der Waals surface area contributed by atoms with Crippen molar-refractivity contribution >= 4 is 17.7 Å². The first-order valence-corrected chi connectivity index (χ1v) is 9.85. The van der Waals surface area contributed by atoms with Crippen LogP contribution in [-0.4, -0.2) is 53.2 Å². The highest BCUT2D eigenvalue weighted by atomic mass is 16.2. The van der Waals surface area contributed by atoms with E-state index in [2.05, 4.69) is 5.32 Å². The molecule has 1 N–H and O–H groups in total. The SMILES string of the molecule is CC(C)C(=O)NC1CCN(C(=O)C2CC(=O)N(Cc3ccccc3)C2)CC1. The summed E-state index contributed by atoms with van der Waals surface area (Å²) in [5.74, 6) is -0.0747. The van der Waals surface area contributed by atoms with Crippen LogP contribution in [0.2, 0.25) is 0 Å². The third kappa shape index (κ3) is 4.87. The first kappa shape index (κ1) is 19.4. The number of nitrogens with one attached hydrogen (secondary N) is 1. The Morgan fingerprint density at radius 3 is 2.44 bits per heavy atom. The summed E-state index contributed by atoms with van der Waals surface area (Å²) < 4.78 is 0. The molecule has 0 saturated carbocycles. The second kappa shape index (κ2) is 8.55. The van der Waals surface area contributed by atoms with Crippen LogP contribution in [0.3, 0.4) is 0 Å². The molecule has 0 spiro atoms. The molecule has 2 aliphatic rings. The van der Waals surface area contributed by atoms with Gasteiger partial charge in [-0.3, -0.25) is 14.4 Å². The van der Waals surface area contributed by atoms with Crippen LogP contribution >= 0.6 is 0 Å². The molecule has 0 aliphatic carbocycles. The van der Waals surface area contributed by atoms with Crippen molar-refractivity contribution in [2.24, 2.45) is 11.8 Å². The van der Waals surface area contributed by atoms with Crippen molar-refractivity contribution in [3.63, 3.8) is 0 Å². The molecular formula is C21H29N3O3. The van der Waals surface area contributed by atoms with Crippen LogP contribution in [0.4, 0.5) is 0 Å². The predicted octanol–water partition coefficient (Wildman–Crippen LogP) is 1.80. The summed E-state index contributed by atoms with van der Waals surface area (Å²) in [7, 11) is 0. The lowest BCUT2D eigenvalue weighted by Gasteiger charge is -2.34. The topological polar surface area (TPSA) is 69.7 Å². The van der Waals surface area contributed by atoms with Crippen LogP contribution in [0.1, 0.15) is 38.7 Å². The van der Waals surface area contributed by atoms with E-state index in [0.717, 1.165) is 18.4 Å². The number of piperidine rings is 1. The molecule has 6 nitrogen and oxygen atoms in total. The molecule has 2 saturated heterocycles. The molecule has 2 heterocycles. The van der Waals surface area contributed by atoms with Gasteiger partial charge in [0.2, 0.25) is 17.7 Å². The van der Waals surface area contributed by atoms with Gasteiger partial charge in [0.1, 0.15) is 0 Å². The van der Waals surface area contributed by atoms with Gasteiger partial charge >= 0.3 is 0 Å². The quantitative estimate of drug-likeness (QED) is 0.858. The summed E-state index contributed by atoms with van der Waals surface area (Å²) in [5, 5.41) is 3.05. The maximum absolute atomic E-state index is 12.8. The Hall–Kier alpha value is -2.37. The molecule has 3 rings (SSSR count). The fourth-order valence-electron chi connectivity index (χ4n) is 3.76. The van der Waals surface area contributed by atoms with Crippen LogP contribution in [0, 0.1) is 11.8 Å². The van der Waals surface area contributed by atoms with Crippen LogP contribution in [0.25, 0.3) is 0 Å². The number of amides is 3. The lowest BCUT2D eigenvalue weighted by molar-refractivity contribution is -0.137. The molecule has 1 unspecified atom stereocenters. The van der Waals surface area contributed by atoms with Crippen molar-refractivity contribution in [1.82, 2.24) is 15.1 Å². The first-order chi connectivity index (χ1) is 12.9. The number of rotatable bonds is 5. The van der Waals surface area contributed by atoms with Crippen molar-refractivity contribution in [3.05, 3.63) is 35.9 Å². The highest BCUT2D eigenvalue weighted by Gasteiger charge is 2.37. The summed E-state index contributed by atoms with van der Waals surface area (Å²) >= 11 is 0. The van der Waals surface area contributed by atoms with Gasteiger partial charge in [-0.2, -0.15) is 0 Å². The molecule has 3 amide bonds. The van der Waals surface area contributed by atoms with Crippen molar-refractivity contribution < 1.29 is 14.4 Å². The maximum Gasteiger partial charge on any atom is 0.227 e. The van der Waals surface area contributed by atoms with Gasteiger partial charge in [-0.15, -0.1) is 0 Å². The summed E-state index contributed by atoms with van der Waals surface area (Å²) in [6.07, 6.45) is 1.85. The van der Waals surface area contributed by atoms with Crippen molar-refractivity contribution in [1.29, 1.82) is 0 Å². The van der Waals surface area contributed by atoms with E-state index in [0.29, 0.717) is 32.6 Å². The summed E-state index contributed by atoms with van der Waals surface area (Å²) in [6.45, 7) is 6.11. The molecule has 1 aromatic carbocycles. The van der Waals surface area contributed by atoms with Crippen LogP contribution in [-0.2, 0) is 20.9 Å². The van der Waals surface area contributed by atoms with Gasteiger partial charge in [-0.25, -0.2) is 0 Å². The zero-order valence-corrected chi connectivity index (χ0v) is 16.2. The Labute approximate surface area is 160 Å². The Balaban J connectivity index is 1.49. The molecule has 0 aromatic heterocycles. The normalized spacial score (nSPS) is 21.0. The highest BCUT2D eigenvalue weighted by Crippen LogP contribution is 2.24. The van der Waals surface area contributed by atoms with Crippen molar-refractivity contribution in [2.45, 2.75) is 45.7 Å². The fourth-order valence-corrected chi connectivity index (χ4v) is 3.76. The predicted molar refractivity (Wildman–Crippen MR) is 103 cm³/mol. The number of carbonyl (C=O) groups excluding carboxylic acids is 3. The molecule has 27 heavy (non-hydrogen) atoms. The van der Waals surface area contributed by atoms with Crippen LogP contribution in [0.15, 0.2) is 30.3 Å². The third-order valence-corrected chi connectivity index (χ3v) is 5.46. The van der Waals surface area contributed by atoms with Crippen LogP contribution in [0.5, 0.6) is 0 Å². The number of hydrogen-bond donors (Lipinski definition) is 1. The largest absolute Gasteiger partial charge is 0.353 e. The zero-order chi connectivity index (χ0) is 19.4. The maximum atomic E-state index is 12.8. The van der Waals surface area contributed by atoms with E-state index in [9.17, 15) is 14.4 Å². The van der Waals surface area contributed by atoms with Gasteiger partial charge in [-0.1, -0.05) is 44.2 Å². The van der Waals surface area contributed by atoms with Gasteiger partial charge in [0.25, 0.3) is 0 Å². The minimum atomic E-state index is -0.247. The Bertz CT molecular complexity index is 681. The van der Waals surface area contributed by atoms with Gasteiger partial charge in [0.05, 0.1) is 5.92 Å². The van der Waals surface area contributed by atoms with Crippen LogP contribution < -0.4 is 5.32 Å². The Morgan fingerprint density at radius 2 is 1.81 bits per heavy atom. The van der Waals surface area contributed by atoms with E-state index in [1.807, 2.05) is 49.1 Å². The summed E-state index contributed by atoms with van der Waals surface area (Å²) in [6, 6.07) is 10.0. The minimum Gasteiger partial charge on any atom is -0.353 e. The smallest absolute Gasteiger partial charge is 0.227 e. The summed E-state index contributed by atoms with van der Waals surface area (Å²) in [5.41, 5.74) is 1.08. The second-order valence-corrected chi connectivity index (χ2v) is 7.92. The van der Waals surface area contributed by atoms with Gasteiger partial charge in [-0.05, 0) is 18.4 Å². The van der Waals surface area contributed by atoms with E-state index < -0.39 is 0 Å². The molecule has 146 valence electrons. The van der Waals surface area contributed by atoms with Crippen molar-refractivity contribution in [2.75, 3.05) is 19.6 Å². The average molecular weight is 371 g/mol. The van der Waals surface area contributed by atoms with E-state index in [1.54, 1.807) is 4.90 Å². The van der Waals surface area contributed by atoms with Gasteiger partial charge in [0, 0.05) is 44.6 Å². The number of benzene rings is 1. The molecule has 2 fully saturated rings. The van der Waals surface area contributed by atoms with Crippen molar-refractivity contribution in [3.8, 4) is 0 Å². The third-order valence-electron chi connectivity index (χ3n) is 5.46. The lowest BCUT2D eigenvalue weighted by atomic mass is 10.0. The van der Waals surface area contributed by atoms with E-state index in [1.165, 1.54) is 0 Å². The Kier molecular flexibility index (Phi) is 6.14. The van der Waals surface area contributed by atoms with E-state index in [-0.39, 0.29) is 35.6 Å². The molecule has 6 heteroatoms. The lowest BCUT2D eigenvalue weighted by Crippen LogP contribution is -2.49. The molecule has 1 aromatic rings. The second-order valence-electron chi connectivity index (χ2n) is 7.92. The molecule has 1 atom stereocenters. The zero-order valence-electron chi connectivity index (χ0n) is 16.2. The highest BCUT2D eigenvalue weighted by molar-refractivity contribution is 5.89. The number of hydrogen-bond acceptors (Lipinski definition) is 3. The van der Waals surface area contributed by atoms with E-state index in [4.69, 9.17) is 0 Å². The number of carbonyl (C=O) groups is 3. The number of likely N-dealkylation sites (tertiary alicyclic amines) is 2. The monoisotopic (exact) mass is 371 g/mol. The molecule has 2 aliphatic heterocycles.